The number of nitro groups is 1. The number of rotatable bonds is 8. The van der Waals surface area contributed by atoms with Crippen LogP contribution in [-0.2, 0) is 14.8 Å². The summed E-state index contributed by atoms with van der Waals surface area (Å²) in [5.41, 5.74) is 0.0664. The first-order chi connectivity index (χ1) is 16.1. The van der Waals surface area contributed by atoms with Crippen molar-refractivity contribution in [1.82, 2.24) is 5.32 Å². The van der Waals surface area contributed by atoms with E-state index in [-0.39, 0.29) is 33.1 Å². The van der Waals surface area contributed by atoms with Crippen LogP contribution in [0.5, 0.6) is 5.75 Å². The van der Waals surface area contributed by atoms with Gasteiger partial charge in [-0.2, -0.15) is 0 Å². The van der Waals surface area contributed by atoms with Crippen molar-refractivity contribution in [2.75, 3.05) is 18.0 Å². The molecule has 0 radical (unpaired) electrons. The van der Waals surface area contributed by atoms with Gasteiger partial charge < -0.3 is 10.1 Å². The molecule has 2 saturated carbocycles. The molecule has 3 atom stereocenters. The van der Waals surface area contributed by atoms with Crippen molar-refractivity contribution in [3.63, 3.8) is 0 Å². The zero-order valence-electron chi connectivity index (χ0n) is 18.9. The van der Waals surface area contributed by atoms with Crippen LogP contribution >= 0.6 is 11.6 Å². The van der Waals surface area contributed by atoms with E-state index in [1.165, 1.54) is 44.7 Å². The van der Waals surface area contributed by atoms with Gasteiger partial charge in [-0.25, -0.2) is 8.42 Å². The number of nitro benzene ring substituents is 1. The molecule has 0 saturated heterocycles. The molecule has 0 aliphatic heterocycles. The number of nitrogens with one attached hydrogen (secondary N) is 1. The smallest absolute Gasteiger partial charge is 0.273 e. The number of carbonyl (C=O) groups is 1. The Morgan fingerprint density at radius 3 is 2.62 bits per heavy atom. The van der Waals surface area contributed by atoms with Crippen molar-refractivity contribution >= 4 is 38.9 Å². The highest BCUT2D eigenvalue weighted by molar-refractivity contribution is 7.92. The van der Waals surface area contributed by atoms with E-state index in [0.717, 1.165) is 29.6 Å². The van der Waals surface area contributed by atoms with Gasteiger partial charge in [-0.3, -0.25) is 19.2 Å². The quantitative estimate of drug-likeness (QED) is 0.425. The molecule has 11 heteroatoms. The van der Waals surface area contributed by atoms with Crippen molar-refractivity contribution in [3.05, 3.63) is 57.1 Å². The molecule has 2 aliphatic rings. The lowest BCUT2D eigenvalue weighted by Crippen LogP contribution is -2.46. The van der Waals surface area contributed by atoms with Crippen LogP contribution in [0.3, 0.4) is 0 Å². The number of anilines is 1. The molecule has 2 aromatic carbocycles. The van der Waals surface area contributed by atoms with Gasteiger partial charge in [0.15, 0.2) is 0 Å². The van der Waals surface area contributed by atoms with E-state index >= 15 is 0 Å². The van der Waals surface area contributed by atoms with Gasteiger partial charge in [0.25, 0.3) is 15.7 Å². The van der Waals surface area contributed by atoms with Gasteiger partial charge in [0, 0.05) is 22.7 Å². The number of ether oxygens (including phenoxy) is 1. The van der Waals surface area contributed by atoms with E-state index in [1.54, 1.807) is 6.07 Å². The summed E-state index contributed by atoms with van der Waals surface area (Å²) in [5.74, 6) is 0.766. The van der Waals surface area contributed by atoms with Gasteiger partial charge in [-0.05, 0) is 62.3 Å². The summed E-state index contributed by atoms with van der Waals surface area (Å²) < 4.78 is 33.7. The molecular formula is C23H26ClN3O6S. The number of carbonyl (C=O) groups excluding carboxylic acids is 1. The Bertz CT molecular complexity index is 1240. The number of aryl methyl sites for hydroxylation is 1. The highest BCUT2D eigenvalue weighted by atomic mass is 35.5. The summed E-state index contributed by atoms with van der Waals surface area (Å²) in [4.78, 5) is 23.5. The fourth-order valence-electron chi connectivity index (χ4n) is 5.04. The molecule has 0 spiro atoms. The van der Waals surface area contributed by atoms with Crippen molar-refractivity contribution in [3.8, 4) is 5.75 Å². The van der Waals surface area contributed by atoms with Crippen LogP contribution in [0.25, 0.3) is 0 Å². The van der Waals surface area contributed by atoms with E-state index in [2.05, 4.69) is 5.32 Å². The Kier molecular flexibility index (Phi) is 6.73. The minimum Gasteiger partial charge on any atom is -0.495 e. The SMILES string of the molecule is COc1ccc(Cl)cc1N(CC(=O)N[C@@H]1C[C@@H]2CC[C@@H]1C2)S(=O)(=O)c1ccc(C)c([N+](=O)[O-])c1. The van der Waals surface area contributed by atoms with E-state index in [0.29, 0.717) is 17.4 Å². The molecule has 1 amide bonds. The average molecular weight is 508 g/mol. The van der Waals surface area contributed by atoms with E-state index in [4.69, 9.17) is 16.3 Å². The first kappa shape index (κ1) is 24.3. The lowest BCUT2D eigenvalue weighted by Gasteiger charge is -2.28. The second kappa shape index (κ2) is 9.42. The predicted molar refractivity (Wildman–Crippen MR) is 128 cm³/mol. The molecule has 0 aromatic heterocycles. The average Bonchev–Trinajstić information content (AvgIpc) is 3.40. The molecule has 0 heterocycles. The molecule has 2 bridgehead atoms. The Labute approximate surface area is 203 Å². The Balaban J connectivity index is 1.72. The summed E-state index contributed by atoms with van der Waals surface area (Å²) in [7, 11) is -3.01. The number of fused-ring (bicyclic) bond motifs is 2. The number of hydrogen-bond acceptors (Lipinski definition) is 6. The molecule has 0 unspecified atom stereocenters. The van der Waals surface area contributed by atoms with Crippen molar-refractivity contribution in [1.29, 1.82) is 0 Å². The molecule has 4 rings (SSSR count). The third kappa shape index (κ3) is 4.69. The molecule has 1 N–H and O–H groups in total. The normalized spacial score (nSPS) is 21.3. The molecule has 34 heavy (non-hydrogen) atoms. The third-order valence-corrected chi connectivity index (χ3v) is 8.74. The van der Waals surface area contributed by atoms with Crippen LogP contribution in [0.15, 0.2) is 41.3 Å². The number of halogens is 1. The van der Waals surface area contributed by atoms with E-state index < -0.39 is 27.4 Å². The molecule has 9 nitrogen and oxygen atoms in total. The largest absolute Gasteiger partial charge is 0.495 e. The predicted octanol–water partition coefficient (Wildman–Crippen LogP) is 4.07. The minimum absolute atomic E-state index is 0.0255. The maximum absolute atomic E-state index is 13.7. The van der Waals surface area contributed by atoms with E-state index in [1.807, 2.05) is 0 Å². The highest BCUT2D eigenvalue weighted by Gasteiger charge is 2.40. The first-order valence-corrected chi connectivity index (χ1v) is 12.8. The minimum atomic E-state index is -4.39. The van der Waals surface area contributed by atoms with Crippen LogP contribution in [0, 0.1) is 28.9 Å². The second-order valence-electron chi connectivity index (χ2n) is 8.88. The summed E-state index contributed by atoms with van der Waals surface area (Å²) in [6.07, 6.45) is 4.21. The van der Waals surface area contributed by atoms with Crippen LogP contribution in [0.1, 0.15) is 31.2 Å². The topological polar surface area (TPSA) is 119 Å². The van der Waals surface area contributed by atoms with Crippen LogP contribution in [0.2, 0.25) is 5.02 Å². The fraction of sp³-hybridized carbons (Fsp3) is 0.435. The molecule has 2 aliphatic carbocycles. The Morgan fingerprint density at radius 2 is 2.00 bits per heavy atom. The van der Waals surface area contributed by atoms with Crippen molar-refractivity contribution in [2.45, 2.75) is 43.5 Å². The maximum Gasteiger partial charge on any atom is 0.273 e. The van der Waals surface area contributed by atoms with Gasteiger partial charge >= 0.3 is 0 Å². The van der Waals surface area contributed by atoms with Crippen molar-refractivity contribution < 1.29 is 22.9 Å². The lowest BCUT2D eigenvalue weighted by atomic mass is 9.95. The Morgan fingerprint density at radius 1 is 1.24 bits per heavy atom. The van der Waals surface area contributed by atoms with Gasteiger partial charge in [0.05, 0.1) is 22.6 Å². The zero-order valence-corrected chi connectivity index (χ0v) is 20.4. The number of hydrogen-bond donors (Lipinski definition) is 1. The standard InChI is InChI=1S/C23H26ClN3O6S/c1-14-3-7-18(12-20(14)27(29)30)34(31,32)26(21-11-17(24)6-8-22(21)33-2)13-23(28)25-19-10-15-4-5-16(19)9-15/h3,6-8,11-12,15-16,19H,4-5,9-10,13H2,1-2H3,(H,25,28)/t15-,16-,19-/m1/s1. The zero-order chi connectivity index (χ0) is 24.6. The highest BCUT2D eigenvalue weighted by Crippen LogP contribution is 2.44. The summed E-state index contributed by atoms with van der Waals surface area (Å²) in [6.45, 7) is 1.00. The maximum atomic E-state index is 13.7. The third-order valence-electron chi connectivity index (χ3n) is 6.75. The monoisotopic (exact) mass is 507 g/mol. The molecule has 2 fully saturated rings. The van der Waals surface area contributed by atoms with Gasteiger partial charge in [-0.1, -0.05) is 24.1 Å². The molecular weight excluding hydrogens is 482 g/mol. The van der Waals surface area contributed by atoms with Crippen LogP contribution in [0.4, 0.5) is 11.4 Å². The first-order valence-electron chi connectivity index (χ1n) is 11.0. The van der Waals surface area contributed by atoms with E-state index in [9.17, 15) is 23.3 Å². The number of benzene rings is 2. The van der Waals surface area contributed by atoms with Gasteiger partial charge in [-0.15, -0.1) is 0 Å². The van der Waals surface area contributed by atoms with Crippen LogP contribution in [-0.4, -0.2) is 38.9 Å². The second-order valence-corrected chi connectivity index (χ2v) is 11.2. The number of sulfonamides is 1. The van der Waals surface area contributed by atoms with Gasteiger partial charge in [0.2, 0.25) is 5.91 Å². The summed E-state index contributed by atoms with van der Waals surface area (Å²) >= 11 is 6.15. The van der Waals surface area contributed by atoms with Gasteiger partial charge in [0.1, 0.15) is 12.3 Å². The Hall–Kier alpha value is -2.85. The molecule has 182 valence electrons. The summed E-state index contributed by atoms with van der Waals surface area (Å²) in [6, 6.07) is 8.13. The number of methoxy groups -OCH3 is 1. The number of nitrogens with zero attached hydrogens (tertiary/aromatic N) is 2. The van der Waals surface area contributed by atoms with Crippen molar-refractivity contribution in [2.24, 2.45) is 11.8 Å². The fourth-order valence-corrected chi connectivity index (χ4v) is 6.65. The lowest BCUT2D eigenvalue weighted by molar-refractivity contribution is -0.385. The summed E-state index contributed by atoms with van der Waals surface area (Å²) in [5, 5.41) is 14.7. The molecule has 2 aromatic rings. The van der Waals surface area contributed by atoms with Crippen LogP contribution < -0.4 is 14.4 Å². The number of amides is 1.